The van der Waals surface area contributed by atoms with Crippen LogP contribution in [-0.2, 0) is 11.2 Å². The summed E-state index contributed by atoms with van der Waals surface area (Å²) in [5.74, 6) is 0.543. The van der Waals surface area contributed by atoms with Gasteiger partial charge < -0.3 is 10.4 Å². The second-order valence-electron chi connectivity index (χ2n) is 6.17. The van der Waals surface area contributed by atoms with Crippen molar-refractivity contribution in [3.63, 3.8) is 0 Å². The van der Waals surface area contributed by atoms with Crippen molar-refractivity contribution in [1.29, 1.82) is 0 Å². The van der Waals surface area contributed by atoms with Crippen LogP contribution >= 0.6 is 0 Å². The van der Waals surface area contributed by atoms with E-state index < -0.39 is 0 Å². The molecule has 6 nitrogen and oxygen atoms in total. The van der Waals surface area contributed by atoms with E-state index >= 15 is 0 Å². The van der Waals surface area contributed by atoms with Crippen molar-refractivity contribution >= 4 is 23.0 Å². The maximum absolute atomic E-state index is 12.0. The van der Waals surface area contributed by atoms with E-state index in [1.165, 1.54) is 12.5 Å². The maximum atomic E-state index is 12.0. The molecule has 1 atom stereocenters. The van der Waals surface area contributed by atoms with E-state index in [0.29, 0.717) is 24.5 Å². The second kappa shape index (κ2) is 6.57. The molecule has 1 aliphatic rings. The van der Waals surface area contributed by atoms with Crippen LogP contribution in [0.3, 0.4) is 0 Å². The molecule has 126 valence electrons. The lowest BCUT2D eigenvalue weighted by molar-refractivity contribution is -0.111. The van der Waals surface area contributed by atoms with Gasteiger partial charge in [-0.15, -0.1) is 0 Å². The Morgan fingerprint density at radius 3 is 2.71 bits per heavy atom. The number of carbonyl (C=O) groups excluding carboxylic acids is 1. The first-order valence-electron chi connectivity index (χ1n) is 8.13. The molecule has 0 spiro atoms. The first-order chi connectivity index (χ1) is 11.5. The number of aryl methyl sites for hydroxylation is 1. The Balaban J connectivity index is 2.08. The highest BCUT2D eigenvalue weighted by Gasteiger charge is 2.28. The molecule has 0 saturated carbocycles. The average molecular weight is 326 g/mol. The van der Waals surface area contributed by atoms with Crippen LogP contribution in [0.15, 0.2) is 29.3 Å². The van der Waals surface area contributed by atoms with Crippen molar-refractivity contribution in [3.05, 3.63) is 41.1 Å². The number of aliphatic imine (C=N–C) groups is 1. The molecule has 1 unspecified atom stereocenters. The maximum Gasteiger partial charge on any atom is 0.178 e. The zero-order valence-corrected chi connectivity index (χ0v) is 14.2. The number of hydrogen-bond acceptors (Lipinski definition) is 5. The minimum atomic E-state index is -0.154. The third kappa shape index (κ3) is 2.97. The Labute approximate surface area is 141 Å². The number of Topliss-reactive ketones (excluding diaryl/α,β-unsaturated/α-hetero) is 1. The van der Waals surface area contributed by atoms with E-state index in [1.54, 1.807) is 0 Å². The van der Waals surface area contributed by atoms with Gasteiger partial charge in [-0.05, 0) is 26.0 Å². The van der Waals surface area contributed by atoms with Gasteiger partial charge in [0.2, 0.25) is 0 Å². The largest absolute Gasteiger partial charge is 0.394 e. The highest BCUT2D eigenvalue weighted by molar-refractivity contribution is 6.47. The van der Waals surface area contributed by atoms with Crippen LogP contribution in [0.5, 0.6) is 0 Å². The summed E-state index contributed by atoms with van der Waals surface area (Å²) in [5, 5.41) is 17.4. The number of rotatable bonds is 5. The molecule has 0 saturated heterocycles. The van der Waals surface area contributed by atoms with Crippen molar-refractivity contribution < 1.29 is 9.90 Å². The van der Waals surface area contributed by atoms with Crippen molar-refractivity contribution in [3.8, 4) is 0 Å². The van der Waals surface area contributed by atoms with Gasteiger partial charge in [-0.1, -0.05) is 17.7 Å². The van der Waals surface area contributed by atoms with E-state index in [2.05, 4.69) is 15.4 Å². The van der Waals surface area contributed by atoms with Crippen molar-refractivity contribution in [2.75, 3.05) is 18.5 Å². The number of nitrogens with zero attached hydrogens (tertiary/aromatic N) is 3. The van der Waals surface area contributed by atoms with Gasteiger partial charge in [0.1, 0.15) is 5.71 Å². The predicted molar refractivity (Wildman–Crippen MR) is 94.3 cm³/mol. The number of nitrogens with one attached hydrogen (secondary N) is 1. The first kappa shape index (κ1) is 16.4. The third-order valence-corrected chi connectivity index (χ3v) is 4.19. The van der Waals surface area contributed by atoms with Crippen LogP contribution in [0, 0.1) is 6.92 Å². The normalized spacial score (nSPS) is 14.8. The van der Waals surface area contributed by atoms with E-state index in [9.17, 15) is 9.90 Å². The van der Waals surface area contributed by atoms with E-state index in [4.69, 9.17) is 0 Å². The molecule has 6 heteroatoms. The second-order valence-corrected chi connectivity index (χ2v) is 6.17. The highest BCUT2D eigenvalue weighted by atomic mass is 16.3. The molecule has 0 radical (unpaired) electrons. The molecule has 0 bridgehead atoms. The van der Waals surface area contributed by atoms with Crippen LogP contribution in [0.25, 0.3) is 0 Å². The molecular formula is C18H22N4O2. The van der Waals surface area contributed by atoms with Crippen LogP contribution in [0.2, 0.25) is 0 Å². The summed E-state index contributed by atoms with van der Waals surface area (Å²) < 4.78 is 1.81. The lowest BCUT2D eigenvalue weighted by atomic mass is 10.0. The highest BCUT2D eigenvalue weighted by Crippen LogP contribution is 2.29. The van der Waals surface area contributed by atoms with Crippen molar-refractivity contribution in [2.24, 2.45) is 4.99 Å². The molecule has 2 aromatic rings. The number of hydrogen-bond donors (Lipinski definition) is 2. The molecule has 1 aromatic carbocycles. The Bertz CT molecular complexity index is 790. The molecule has 0 aliphatic carbocycles. The molecule has 1 aromatic heterocycles. The van der Waals surface area contributed by atoms with Gasteiger partial charge in [-0.25, -0.2) is 0 Å². The topological polar surface area (TPSA) is 79.5 Å². The Morgan fingerprint density at radius 1 is 1.38 bits per heavy atom. The van der Waals surface area contributed by atoms with Gasteiger partial charge in [0, 0.05) is 25.6 Å². The molecule has 0 amide bonds. The summed E-state index contributed by atoms with van der Waals surface area (Å²) in [6.07, 6.45) is 0.707. The van der Waals surface area contributed by atoms with Gasteiger partial charge in [-0.2, -0.15) is 5.10 Å². The molecule has 2 N–H and O–H groups in total. The molecule has 1 aliphatic heterocycles. The molecular weight excluding hydrogens is 304 g/mol. The van der Waals surface area contributed by atoms with Gasteiger partial charge in [-0.3, -0.25) is 14.5 Å². The fraction of sp³-hybridized carbons (Fsp3) is 0.389. The van der Waals surface area contributed by atoms with Crippen LogP contribution in [0.1, 0.15) is 36.7 Å². The molecule has 0 fully saturated rings. The molecule has 3 rings (SSSR count). The van der Waals surface area contributed by atoms with Gasteiger partial charge in [0.15, 0.2) is 11.6 Å². The number of carbonyl (C=O) groups is 1. The zero-order valence-electron chi connectivity index (χ0n) is 14.2. The summed E-state index contributed by atoms with van der Waals surface area (Å²) in [6.45, 7) is 6.02. The standard InChI is InChI=1S/C18H22N4O2/c1-11-4-6-14(7-5-11)20-18-16-15(22(21-18)12(2)10-23)8-9-19-17(16)13(3)24/h4-7,12,23H,8-10H2,1-3H3,(H,20,21). The smallest absolute Gasteiger partial charge is 0.178 e. The summed E-state index contributed by atoms with van der Waals surface area (Å²) >= 11 is 0. The lowest BCUT2D eigenvalue weighted by Crippen LogP contribution is -2.22. The van der Waals surface area contributed by atoms with Gasteiger partial charge >= 0.3 is 0 Å². The van der Waals surface area contributed by atoms with Crippen LogP contribution in [-0.4, -0.2) is 39.5 Å². The van der Waals surface area contributed by atoms with E-state index in [1.807, 2.05) is 42.8 Å². The number of anilines is 2. The Hall–Kier alpha value is -2.47. The van der Waals surface area contributed by atoms with Crippen molar-refractivity contribution in [2.45, 2.75) is 33.2 Å². The Morgan fingerprint density at radius 2 is 2.08 bits per heavy atom. The van der Waals surface area contributed by atoms with E-state index in [-0.39, 0.29) is 18.4 Å². The number of aromatic nitrogens is 2. The van der Waals surface area contributed by atoms with Gasteiger partial charge in [0.05, 0.1) is 23.9 Å². The number of benzene rings is 1. The first-order valence-corrected chi connectivity index (χ1v) is 8.13. The number of aliphatic hydroxyl groups excluding tert-OH is 1. The lowest BCUT2D eigenvalue weighted by Gasteiger charge is -2.16. The number of fused-ring (bicyclic) bond motifs is 1. The third-order valence-electron chi connectivity index (χ3n) is 4.19. The van der Waals surface area contributed by atoms with E-state index in [0.717, 1.165) is 16.9 Å². The van der Waals surface area contributed by atoms with Crippen molar-refractivity contribution in [1.82, 2.24) is 9.78 Å². The Kier molecular flexibility index (Phi) is 4.49. The predicted octanol–water partition coefficient (Wildman–Crippen LogP) is 2.42. The summed E-state index contributed by atoms with van der Waals surface area (Å²) in [4.78, 5) is 16.4. The molecule has 2 heterocycles. The molecule has 24 heavy (non-hydrogen) atoms. The zero-order chi connectivity index (χ0) is 17.3. The summed E-state index contributed by atoms with van der Waals surface area (Å²) in [5.41, 5.74) is 4.24. The van der Waals surface area contributed by atoms with Crippen LogP contribution < -0.4 is 5.32 Å². The quantitative estimate of drug-likeness (QED) is 0.884. The van der Waals surface area contributed by atoms with Gasteiger partial charge in [0.25, 0.3) is 0 Å². The summed E-state index contributed by atoms with van der Waals surface area (Å²) in [6, 6.07) is 7.83. The minimum Gasteiger partial charge on any atom is -0.394 e. The average Bonchev–Trinajstić information content (AvgIpc) is 2.95. The minimum absolute atomic E-state index is 0.00929. The summed E-state index contributed by atoms with van der Waals surface area (Å²) in [7, 11) is 0. The monoisotopic (exact) mass is 326 g/mol. The van der Waals surface area contributed by atoms with Crippen LogP contribution in [0.4, 0.5) is 11.5 Å². The number of aliphatic hydroxyl groups is 1. The SMILES string of the molecule is CC(=O)C1=NCCc2c1c(Nc1ccc(C)cc1)nn2C(C)CO. The fourth-order valence-corrected chi connectivity index (χ4v) is 2.90. The number of ketones is 1. The fourth-order valence-electron chi connectivity index (χ4n) is 2.90.